The number of hydrogen-bond donors (Lipinski definition) is 1. The first kappa shape index (κ1) is 16.7. The Kier molecular flexibility index (Phi) is 6.39. The van der Waals surface area contributed by atoms with Crippen LogP contribution in [-0.2, 0) is 16.1 Å². The van der Waals surface area contributed by atoms with Crippen LogP contribution in [0.1, 0.15) is 12.6 Å². The van der Waals surface area contributed by atoms with E-state index in [1.165, 1.54) is 4.68 Å². The Morgan fingerprint density at radius 3 is 2.52 bits per heavy atom. The zero-order valence-electron chi connectivity index (χ0n) is 12.6. The molecule has 0 radical (unpaired) electrons. The van der Waals surface area contributed by atoms with Gasteiger partial charge in [0.2, 0.25) is 11.8 Å². The summed E-state index contributed by atoms with van der Waals surface area (Å²) in [5.41, 5.74) is 0.843. The van der Waals surface area contributed by atoms with Gasteiger partial charge in [0.15, 0.2) is 0 Å². The molecule has 0 saturated carbocycles. The first-order valence-corrected chi connectivity index (χ1v) is 6.78. The number of aryl methyl sites for hydroxylation is 1. The number of hydrogen-bond acceptors (Lipinski definition) is 3. The summed E-state index contributed by atoms with van der Waals surface area (Å²) in [5.74, 6) is -0.420. The molecule has 6 nitrogen and oxygen atoms in total. The van der Waals surface area contributed by atoms with Gasteiger partial charge in [0.1, 0.15) is 12.6 Å². The average molecular weight is 290 g/mol. The fraction of sp³-hybridized carbons (Fsp3) is 0.400. The van der Waals surface area contributed by atoms with Gasteiger partial charge in [-0.05, 0) is 19.9 Å². The zero-order valence-corrected chi connectivity index (χ0v) is 12.6. The second-order valence-corrected chi connectivity index (χ2v) is 4.76. The van der Waals surface area contributed by atoms with Crippen molar-refractivity contribution in [3.63, 3.8) is 0 Å². The molecular weight excluding hydrogens is 268 g/mol. The second-order valence-electron chi connectivity index (χ2n) is 4.76. The largest absolute Gasteiger partial charge is 0.343 e. The summed E-state index contributed by atoms with van der Waals surface area (Å²) in [4.78, 5) is 25.7. The minimum atomic E-state index is -0.603. The highest BCUT2D eigenvalue weighted by Crippen LogP contribution is 1.98. The molecule has 0 aliphatic carbocycles. The third-order valence-electron chi connectivity index (χ3n) is 2.84. The topological polar surface area (TPSA) is 67.2 Å². The lowest BCUT2D eigenvalue weighted by Crippen LogP contribution is -2.47. The number of nitrogens with one attached hydrogen (secondary N) is 1. The Balaban J connectivity index is 2.55. The van der Waals surface area contributed by atoms with Crippen LogP contribution in [-0.4, -0.2) is 45.6 Å². The molecule has 0 aromatic carbocycles. The van der Waals surface area contributed by atoms with E-state index in [0.717, 1.165) is 5.69 Å². The molecule has 0 aliphatic rings. The summed E-state index contributed by atoms with van der Waals surface area (Å²) in [6.45, 7) is 11.7. The molecule has 1 atom stereocenters. The Morgan fingerprint density at radius 2 is 2.05 bits per heavy atom. The lowest BCUT2D eigenvalue weighted by molar-refractivity contribution is -0.135. The molecule has 0 bridgehead atoms. The normalized spacial score (nSPS) is 11.5. The molecule has 1 aromatic heterocycles. The van der Waals surface area contributed by atoms with Crippen LogP contribution in [0.2, 0.25) is 0 Å². The van der Waals surface area contributed by atoms with Crippen molar-refractivity contribution in [2.45, 2.75) is 26.4 Å². The molecule has 1 rings (SSSR count). The van der Waals surface area contributed by atoms with Crippen molar-refractivity contribution >= 4 is 11.8 Å². The Bertz CT molecular complexity index is 511. The van der Waals surface area contributed by atoms with E-state index < -0.39 is 6.04 Å². The molecule has 21 heavy (non-hydrogen) atoms. The van der Waals surface area contributed by atoms with Crippen LogP contribution in [0, 0.1) is 6.92 Å². The molecule has 1 N–H and O–H groups in total. The maximum absolute atomic E-state index is 12.2. The van der Waals surface area contributed by atoms with Crippen LogP contribution in [0.4, 0.5) is 0 Å². The summed E-state index contributed by atoms with van der Waals surface area (Å²) in [7, 11) is 0. The van der Waals surface area contributed by atoms with Crippen LogP contribution >= 0.6 is 0 Å². The predicted octanol–water partition coefficient (Wildman–Crippen LogP) is 0.897. The van der Waals surface area contributed by atoms with Crippen molar-refractivity contribution in [1.82, 2.24) is 20.0 Å². The highest BCUT2D eigenvalue weighted by Gasteiger charge is 2.20. The van der Waals surface area contributed by atoms with Gasteiger partial charge in [-0.2, -0.15) is 5.10 Å². The Morgan fingerprint density at radius 1 is 1.43 bits per heavy atom. The minimum Gasteiger partial charge on any atom is -0.343 e. The number of carbonyl (C=O) groups is 2. The molecule has 0 fully saturated rings. The first-order chi connectivity index (χ1) is 9.97. The highest BCUT2D eigenvalue weighted by molar-refractivity contribution is 5.87. The van der Waals surface area contributed by atoms with Gasteiger partial charge < -0.3 is 10.2 Å². The molecule has 0 aliphatic heterocycles. The number of aromatic nitrogens is 2. The van der Waals surface area contributed by atoms with Crippen LogP contribution < -0.4 is 5.32 Å². The van der Waals surface area contributed by atoms with Crippen LogP contribution in [0.15, 0.2) is 37.6 Å². The molecular formula is C15H22N4O2. The second kappa shape index (κ2) is 8.04. The van der Waals surface area contributed by atoms with E-state index in [1.54, 1.807) is 30.2 Å². The maximum atomic E-state index is 12.2. The van der Waals surface area contributed by atoms with Gasteiger partial charge in [-0.3, -0.25) is 14.3 Å². The van der Waals surface area contributed by atoms with Crippen LogP contribution in [0.3, 0.4) is 0 Å². The average Bonchev–Trinajstić information content (AvgIpc) is 2.82. The zero-order chi connectivity index (χ0) is 15.8. The summed E-state index contributed by atoms with van der Waals surface area (Å²) in [6.07, 6.45) is 5.01. The van der Waals surface area contributed by atoms with Gasteiger partial charge in [-0.25, -0.2) is 0 Å². The molecule has 114 valence electrons. The highest BCUT2D eigenvalue weighted by atomic mass is 16.2. The SMILES string of the molecule is C=CCN(CC=C)C(=O)C(C)NC(=O)Cn1ccc(C)n1. The lowest BCUT2D eigenvalue weighted by atomic mass is 10.2. The van der Waals surface area contributed by atoms with Gasteiger partial charge in [-0.1, -0.05) is 12.2 Å². The van der Waals surface area contributed by atoms with E-state index in [9.17, 15) is 9.59 Å². The Hall–Kier alpha value is -2.37. The van der Waals surface area contributed by atoms with E-state index in [1.807, 2.05) is 13.0 Å². The van der Waals surface area contributed by atoms with Gasteiger partial charge in [0.05, 0.1) is 5.69 Å². The Labute approximate surface area is 125 Å². The third-order valence-corrected chi connectivity index (χ3v) is 2.84. The molecule has 6 heteroatoms. The van der Waals surface area contributed by atoms with Gasteiger partial charge in [-0.15, -0.1) is 13.2 Å². The van der Waals surface area contributed by atoms with Crippen molar-refractivity contribution in [2.75, 3.05) is 13.1 Å². The number of amides is 2. The molecule has 1 heterocycles. The number of rotatable bonds is 8. The summed E-state index contributed by atoms with van der Waals surface area (Å²) in [6, 6.07) is 1.21. The van der Waals surface area contributed by atoms with Crippen LogP contribution in [0.5, 0.6) is 0 Å². The van der Waals surface area contributed by atoms with Crippen molar-refractivity contribution in [1.29, 1.82) is 0 Å². The fourth-order valence-corrected chi connectivity index (χ4v) is 1.89. The lowest BCUT2D eigenvalue weighted by Gasteiger charge is -2.23. The molecule has 0 saturated heterocycles. The monoisotopic (exact) mass is 290 g/mol. The third kappa shape index (κ3) is 5.25. The molecule has 1 unspecified atom stereocenters. The molecule has 1 aromatic rings. The minimum absolute atomic E-state index is 0.0916. The predicted molar refractivity (Wildman–Crippen MR) is 81.5 cm³/mol. The molecule has 2 amide bonds. The van der Waals surface area contributed by atoms with Crippen molar-refractivity contribution < 1.29 is 9.59 Å². The van der Waals surface area contributed by atoms with E-state index in [2.05, 4.69) is 23.6 Å². The maximum Gasteiger partial charge on any atom is 0.245 e. The standard InChI is InChI=1S/C15H22N4O2/c1-5-8-18(9-6-2)15(21)13(4)16-14(20)11-19-10-7-12(3)17-19/h5-7,10,13H,1-2,8-9,11H2,3-4H3,(H,16,20). The summed E-state index contributed by atoms with van der Waals surface area (Å²) in [5, 5.41) is 6.81. The number of nitrogens with zero attached hydrogens (tertiary/aromatic N) is 3. The fourth-order valence-electron chi connectivity index (χ4n) is 1.89. The molecule has 0 spiro atoms. The van der Waals surface area contributed by atoms with E-state index in [0.29, 0.717) is 13.1 Å². The number of carbonyl (C=O) groups excluding carboxylic acids is 2. The van der Waals surface area contributed by atoms with Crippen LogP contribution in [0.25, 0.3) is 0 Å². The smallest absolute Gasteiger partial charge is 0.245 e. The van der Waals surface area contributed by atoms with E-state index in [4.69, 9.17) is 0 Å². The summed E-state index contributed by atoms with van der Waals surface area (Å²) >= 11 is 0. The summed E-state index contributed by atoms with van der Waals surface area (Å²) < 4.78 is 1.53. The first-order valence-electron chi connectivity index (χ1n) is 6.78. The quantitative estimate of drug-likeness (QED) is 0.723. The van der Waals surface area contributed by atoms with Gasteiger partial charge in [0, 0.05) is 19.3 Å². The van der Waals surface area contributed by atoms with Crippen molar-refractivity contribution in [3.05, 3.63) is 43.3 Å². The van der Waals surface area contributed by atoms with Gasteiger partial charge >= 0.3 is 0 Å². The van der Waals surface area contributed by atoms with Crippen molar-refractivity contribution in [2.24, 2.45) is 0 Å². The van der Waals surface area contributed by atoms with Crippen molar-refractivity contribution in [3.8, 4) is 0 Å². The van der Waals surface area contributed by atoms with E-state index >= 15 is 0 Å². The van der Waals surface area contributed by atoms with E-state index in [-0.39, 0.29) is 18.4 Å². The van der Waals surface area contributed by atoms with Gasteiger partial charge in [0.25, 0.3) is 0 Å².